The third-order valence-electron chi connectivity index (χ3n) is 5.20. The molecule has 3 aliphatic heterocycles. The molecular formula is C18H22N4O3. The van der Waals surface area contributed by atoms with E-state index in [0.29, 0.717) is 25.1 Å². The minimum absolute atomic E-state index is 0.115. The lowest BCUT2D eigenvalue weighted by Crippen LogP contribution is -2.64. The number of rotatable bonds is 3. The lowest BCUT2D eigenvalue weighted by Gasteiger charge is -2.45. The van der Waals surface area contributed by atoms with Crippen LogP contribution in [0.15, 0.2) is 18.2 Å². The van der Waals surface area contributed by atoms with E-state index < -0.39 is 6.04 Å². The minimum atomic E-state index is -0.568. The van der Waals surface area contributed by atoms with Gasteiger partial charge in [0.2, 0.25) is 11.8 Å². The summed E-state index contributed by atoms with van der Waals surface area (Å²) in [5, 5.41) is 2.33. The number of carbonyl (C=O) groups is 3. The fourth-order valence-electron chi connectivity index (χ4n) is 4.15. The van der Waals surface area contributed by atoms with Gasteiger partial charge in [0.1, 0.15) is 6.04 Å². The summed E-state index contributed by atoms with van der Waals surface area (Å²) in [5.41, 5.74) is 8.54. The van der Waals surface area contributed by atoms with Crippen molar-refractivity contribution in [1.82, 2.24) is 15.1 Å². The van der Waals surface area contributed by atoms with E-state index in [1.54, 1.807) is 4.90 Å². The number of piperidine rings is 1. The number of carbonyl (C=O) groups excluding carboxylic acids is 3. The van der Waals surface area contributed by atoms with E-state index in [1.807, 2.05) is 25.1 Å². The van der Waals surface area contributed by atoms with Crippen LogP contribution in [0.4, 0.5) is 0 Å². The van der Waals surface area contributed by atoms with Crippen LogP contribution in [0.25, 0.3) is 0 Å². The van der Waals surface area contributed by atoms with Crippen LogP contribution in [-0.4, -0.2) is 52.2 Å². The number of hydrogen-bond donors (Lipinski definition) is 2. The Kier molecular flexibility index (Phi) is 3.66. The van der Waals surface area contributed by atoms with Gasteiger partial charge in [-0.1, -0.05) is 18.2 Å². The molecule has 25 heavy (non-hydrogen) atoms. The van der Waals surface area contributed by atoms with Gasteiger partial charge in [0.15, 0.2) is 0 Å². The zero-order valence-electron chi connectivity index (χ0n) is 14.2. The van der Waals surface area contributed by atoms with Crippen molar-refractivity contribution in [1.29, 1.82) is 0 Å². The molecule has 4 rings (SSSR count). The smallest absolute Gasteiger partial charge is 0.255 e. The SMILES string of the molecule is CC1(N)CN(Cc2cccc3c2C(=O)N(C2CCC(=O)NC2=O)C3)C1. The lowest BCUT2D eigenvalue weighted by atomic mass is 9.92. The second-order valence-electron chi connectivity index (χ2n) is 7.65. The Morgan fingerprint density at radius 2 is 2.04 bits per heavy atom. The van der Waals surface area contributed by atoms with Crippen molar-refractivity contribution < 1.29 is 14.4 Å². The maximum absolute atomic E-state index is 13.0. The van der Waals surface area contributed by atoms with Gasteiger partial charge >= 0.3 is 0 Å². The summed E-state index contributed by atoms with van der Waals surface area (Å²) in [7, 11) is 0. The molecule has 0 aromatic heterocycles. The summed E-state index contributed by atoms with van der Waals surface area (Å²) >= 11 is 0. The summed E-state index contributed by atoms with van der Waals surface area (Å²) in [6, 6.07) is 5.29. The summed E-state index contributed by atoms with van der Waals surface area (Å²) in [6.45, 7) is 4.74. The van der Waals surface area contributed by atoms with Gasteiger partial charge in [-0.05, 0) is 24.5 Å². The largest absolute Gasteiger partial charge is 0.323 e. The molecular weight excluding hydrogens is 320 g/mol. The van der Waals surface area contributed by atoms with Crippen molar-refractivity contribution in [3.05, 3.63) is 34.9 Å². The highest BCUT2D eigenvalue weighted by molar-refractivity contribution is 6.05. The standard InChI is InChI=1S/C18H22N4O3/c1-18(19)9-21(10-18)7-11-3-2-4-12-8-22(17(25)15(11)12)13-5-6-14(23)20-16(13)24/h2-4,13H,5-10,19H2,1H3,(H,20,23,24). The average molecular weight is 342 g/mol. The van der Waals surface area contributed by atoms with E-state index in [4.69, 9.17) is 5.73 Å². The third kappa shape index (κ3) is 2.83. The molecule has 1 aromatic rings. The van der Waals surface area contributed by atoms with E-state index in [9.17, 15) is 14.4 Å². The summed E-state index contributed by atoms with van der Waals surface area (Å²) in [5.74, 6) is -0.759. The van der Waals surface area contributed by atoms with Gasteiger partial charge in [-0.2, -0.15) is 0 Å². The van der Waals surface area contributed by atoms with Crippen molar-refractivity contribution in [2.75, 3.05) is 13.1 Å². The second kappa shape index (κ2) is 5.64. The predicted molar refractivity (Wildman–Crippen MR) is 90.4 cm³/mol. The van der Waals surface area contributed by atoms with Gasteiger partial charge < -0.3 is 10.6 Å². The number of hydrogen-bond acceptors (Lipinski definition) is 5. The Bertz CT molecular complexity index is 766. The molecule has 0 spiro atoms. The number of nitrogens with two attached hydrogens (primary N) is 1. The molecule has 0 saturated carbocycles. The lowest BCUT2D eigenvalue weighted by molar-refractivity contribution is -0.136. The molecule has 0 radical (unpaired) electrons. The van der Waals surface area contributed by atoms with Crippen LogP contribution >= 0.6 is 0 Å². The molecule has 1 aromatic carbocycles. The molecule has 2 fully saturated rings. The number of amides is 3. The molecule has 0 bridgehead atoms. The highest BCUT2D eigenvalue weighted by atomic mass is 16.2. The Balaban J connectivity index is 1.54. The van der Waals surface area contributed by atoms with E-state index in [1.165, 1.54) is 0 Å². The summed E-state index contributed by atoms with van der Waals surface area (Å²) in [6.07, 6.45) is 0.656. The van der Waals surface area contributed by atoms with Gasteiger partial charge in [-0.15, -0.1) is 0 Å². The molecule has 132 valence electrons. The van der Waals surface area contributed by atoms with Crippen molar-refractivity contribution in [2.45, 2.75) is 44.4 Å². The number of nitrogens with one attached hydrogen (secondary N) is 1. The molecule has 3 aliphatic rings. The number of nitrogens with zero attached hydrogens (tertiary/aromatic N) is 2. The molecule has 3 heterocycles. The molecule has 1 atom stereocenters. The number of imide groups is 1. The van der Waals surface area contributed by atoms with Crippen LogP contribution in [0.3, 0.4) is 0 Å². The first kappa shape index (κ1) is 16.2. The van der Waals surface area contributed by atoms with Crippen molar-refractivity contribution in [3.8, 4) is 0 Å². The van der Waals surface area contributed by atoms with Gasteiger partial charge in [0.25, 0.3) is 5.91 Å². The van der Waals surface area contributed by atoms with Crippen LogP contribution in [0, 0.1) is 0 Å². The number of fused-ring (bicyclic) bond motifs is 1. The number of benzene rings is 1. The first-order valence-corrected chi connectivity index (χ1v) is 8.61. The Morgan fingerprint density at radius 1 is 1.28 bits per heavy atom. The normalized spacial score (nSPS) is 25.6. The van der Waals surface area contributed by atoms with Gasteiger partial charge in [-0.25, -0.2) is 0 Å². The molecule has 7 heteroatoms. The maximum atomic E-state index is 13.0. The van der Waals surface area contributed by atoms with Crippen LogP contribution in [0.1, 0.15) is 41.3 Å². The molecule has 2 saturated heterocycles. The zero-order chi connectivity index (χ0) is 17.8. The first-order valence-electron chi connectivity index (χ1n) is 8.61. The van der Waals surface area contributed by atoms with E-state index >= 15 is 0 Å². The van der Waals surface area contributed by atoms with Crippen LogP contribution in [0.5, 0.6) is 0 Å². The van der Waals surface area contributed by atoms with E-state index in [0.717, 1.165) is 24.2 Å². The molecule has 3 amide bonds. The Hall–Kier alpha value is -2.25. The molecule has 7 nitrogen and oxygen atoms in total. The zero-order valence-corrected chi connectivity index (χ0v) is 14.2. The average Bonchev–Trinajstić information content (AvgIpc) is 2.83. The van der Waals surface area contributed by atoms with Crippen LogP contribution in [-0.2, 0) is 22.7 Å². The predicted octanol–water partition coefficient (Wildman–Crippen LogP) is -0.0194. The van der Waals surface area contributed by atoms with E-state index in [2.05, 4.69) is 10.2 Å². The van der Waals surface area contributed by atoms with Gasteiger partial charge in [0, 0.05) is 43.7 Å². The highest BCUT2D eigenvalue weighted by Gasteiger charge is 2.41. The second-order valence-corrected chi connectivity index (χ2v) is 7.65. The van der Waals surface area contributed by atoms with Crippen molar-refractivity contribution in [3.63, 3.8) is 0 Å². The van der Waals surface area contributed by atoms with Crippen molar-refractivity contribution >= 4 is 17.7 Å². The quantitative estimate of drug-likeness (QED) is 0.753. The topological polar surface area (TPSA) is 95.7 Å². The highest BCUT2D eigenvalue weighted by Crippen LogP contribution is 2.31. The third-order valence-corrected chi connectivity index (χ3v) is 5.20. The van der Waals surface area contributed by atoms with Crippen LogP contribution < -0.4 is 11.1 Å². The summed E-state index contributed by atoms with van der Waals surface area (Å²) in [4.78, 5) is 40.3. The monoisotopic (exact) mass is 342 g/mol. The van der Waals surface area contributed by atoms with Gasteiger partial charge in [0.05, 0.1) is 0 Å². The molecule has 0 aliphatic carbocycles. The minimum Gasteiger partial charge on any atom is -0.323 e. The number of likely N-dealkylation sites (tertiary alicyclic amines) is 1. The van der Waals surface area contributed by atoms with E-state index in [-0.39, 0.29) is 29.7 Å². The fourth-order valence-corrected chi connectivity index (χ4v) is 4.15. The Morgan fingerprint density at radius 3 is 2.72 bits per heavy atom. The van der Waals surface area contributed by atoms with Crippen LogP contribution in [0.2, 0.25) is 0 Å². The first-order chi connectivity index (χ1) is 11.8. The molecule has 1 unspecified atom stereocenters. The summed E-state index contributed by atoms with van der Waals surface area (Å²) < 4.78 is 0. The van der Waals surface area contributed by atoms with Gasteiger partial charge in [-0.3, -0.25) is 24.6 Å². The Labute approximate surface area is 146 Å². The molecule has 3 N–H and O–H groups in total. The van der Waals surface area contributed by atoms with Crippen molar-refractivity contribution in [2.24, 2.45) is 5.73 Å². The fraction of sp³-hybridized carbons (Fsp3) is 0.500. The maximum Gasteiger partial charge on any atom is 0.255 e.